The number of hydrogen-bond acceptors (Lipinski definition) is 1. The summed E-state index contributed by atoms with van der Waals surface area (Å²) in [5.74, 6) is 2.02. The van der Waals surface area contributed by atoms with Crippen LogP contribution in [-0.4, -0.2) is 11.9 Å². The maximum Gasteiger partial charge on any atom is 0.220 e. The molecule has 1 aliphatic heterocycles. The van der Waals surface area contributed by atoms with Crippen LogP contribution in [0.25, 0.3) is 0 Å². The lowest BCUT2D eigenvalue weighted by Gasteiger charge is -2.34. The average molecular weight is 183 g/mol. The Morgan fingerprint density at radius 3 is 2.31 bits per heavy atom. The minimum absolute atomic E-state index is 0.239. The minimum Gasteiger partial charge on any atom is -0.353 e. The van der Waals surface area contributed by atoms with Crippen LogP contribution < -0.4 is 5.32 Å². The molecule has 1 aliphatic rings. The second-order valence-corrected chi connectivity index (χ2v) is 4.86. The summed E-state index contributed by atoms with van der Waals surface area (Å²) >= 11 is 0. The Balaban J connectivity index is 2.57. The predicted molar refractivity (Wildman–Crippen MR) is 54.3 cm³/mol. The van der Waals surface area contributed by atoms with Crippen molar-refractivity contribution in [2.45, 2.75) is 46.6 Å². The SMILES string of the molecule is CC(C)[C@H]1CC(=O)N[C@@H](C(C)C)C1. The van der Waals surface area contributed by atoms with Gasteiger partial charge in [0.15, 0.2) is 0 Å². The molecular weight excluding hydrogens is 162 g/mol. The lowest BCUT2D eigenvalue weighted by atomic mass is 9.80. The van der Waals surface area contributed by atoms with E-state index < -0.39 is 0 Å². The molecule has 0 spiro atoms. The molecule has 0 aromatic carbocycles. The zero-order chi connectivity index (χ0) is 10.0. The maximum atomic E-state index is 11.4. The third-order valence-corrected chi connectivity index (χ3v) is 3.10. The summed E-state index contributed by atoms with van der Waals surface area (Å²) in [5, 5.41) is 3.06. The molecule has 0 bridgehead atoms. The van der Waals surface area contributed by atoms with Gasteiger partial charge in [0.1, 0.15) is 0 Å². The van der Waals surface area contributed by atoms with E-state index in [1.54, 1.807) is 0 Å². The van der Waals surface area contributed by atoms with E-state index in [-0.39, 0.29) is 5.91 Å². The fourth-order valence-electron chi connectivity index (χ4n) is 1.92. The Kier molecular flexibility index (Phi) is 3.34. The van der Waals surface area contributed by atoms with Crippen molar-refractivity contribution in [1.82, 2.24) is 5.32 Å². The van der Waals surface area contributed by atoms with Crippen molar-refractivity contribution in [1.29, 1.82) is 0 Å². The number of amides is 1. The zero-order valence-electron chi connectivity index (χ0n) is 9.13. The monoisotopic (exact) mass is 183 g/mol. The van der Waals surface area contributed by atoms with E-state index in [0.29, 0.717) is 23.8 Å². The second-order valence-electron chi connectivity index (χ2n) is 4.86. The molecule has 2 atom stereocenters. The molecule has 0 aromatic rings. The summed E-state index contributed by atoms with van der Waals surface area (Å²) in [6.07, 6.45) is 1.88. The third kappa shape index (κ3) is 2.71. The first-order chi connectivity index (χ1) is 6.00. The fraction of sp³-hybridized carbons (Fsp3) is 0.909. The highest BCUT2D eigenvalue weighted by molar-refractivity contribution is 5.77. The number of piperidine rings is 1. The highest BCUT2D eigenvalue weighted by atomic mass is 16.1. The van der Waals surface area contributed by atoms with Crippen LogP contribution in [0.15, 0.2) is 0 Å². The summed E-state index contributed by atoms with van der Waals surface area (Å²) in [5.41, 5.74) is 0. The number of nitrogens with one attached hydrogen (secondary N) is 1. The van der Waals surface area contributed by atoms with E-state index in [2.05, 4.69) is 33.0 Å². The highest BCUT2D eigenvalue weighted by Gasteiger charge is 2.29. The average Bonchev–Trinajstić information content (AvgIpc) is 2.03. The van der Waals surface area contributed by atoms with Gasteiger partial charge in [-0.05, 0) is 24.2 Å². The van der Waals surface area contributed by atoms with Gasteiger partial charge in [0.05, 0.1) is 0 Å². The summed E-state index contributed by atoms with van der Waals surface area (Å²) in [6.45, 7) is 8.77. The highest BCUT2D eigenvalue weighted by Crippen LogP contribution is 2.27. The Bertz CT molecular complexity index is 169. The van der Waals surface area contributed by atoms with Crippen LogP contribution in [0.1, 0.15) is 40.5 Å². The molecule has 76 valence electrons. The summed E-state index contributed by atoms with van der Waals surface area (Å²) < 4.78 is 0. The van der Waals surface area contributed by atoms with Crippen molar-refractivity contribution in [3.05, 3.63) is 0 Å². The van der Waals surface area contributed by atoms with Gasteiger partial charge < -0.3 is 5.32 Å². The normalized spacial score (nSPS) is 29.5. The molecule has 1 N–H and O–H groups in total. The van der Waals surface area contributed by atoms with Crippen molar-refractivity contribution in [3.63, 3.8) is 0 Å². The van der Waals surface area contributed by atoms with Crippen molar-refractivity contribution in [2.24, 2.45) is 17.8 Å². The first-order valence-corrected chi connectivity index (χ1v) is 5.30. The van der Waals surface area contributed by atoms with Gasteiger partial charge >= 0.3 is 0 Å². The van der Waals surface area contributed by atoms with Gasteiger partial charge in [-0.2, -0.15) is 0 Å². The van der Waals surface area contributed by atoms with Crippen LogP contribution in [-0.2, 0) is 4.79 Å². The first kappa shape index (κ1) is 10.6. The van der Waals surface area contributed by atoms with E-state index in [4.69, 9.17) is 0 Å². The van der Waals surface area contributed by atoms with Gasteiger partial charge in [-0.25, -0.2) is 0 Å². The second kappa shape index (κ2) is 4.12. The third-order valence-electron chi connectivity index (χ3n) is 3.10. The molecule has 1 saturated heterocycles. The van der Waals surface area contributed by atoms with Gasteiger partial charge in [-0.15, -0.1) is 0 Å². The van der Waals surface area contributed by atoms with Crippen LogP contribution in [0.5, 0.6) is 0 Å². The smallest absolute Gasteiger partial charge is 0.220 e. The molecule has 1 fully saturated rings. The molecule has 0 aliphatic carbocycles. The van der Waals surface area contributed by atoms with Crippen molar-refractivity contribution >= 4 is 5.91 Å². The van der Waals surface area contributed by atoms with E-state index in [1.165, 1.54) is 0 Å². The Morgan fingerprint density at radius 1 is 1.23 bits per heavy atom. The van der Waals surface area contributed by atoms with Crippen LogP contribution in [0.3, 0.4) is 0 Å². The minimum atomic E-state index is 0.239. The lowest BCUT2D eigenvalue weighted by molar-refractivity contribution is -0.125. The van der Waals surface area contributed by atoms with Crippen LogP contribution in [0.4, 0.5) is 0 Å². The molecule has 1 amide bonds. The lowest BCUT2D eigenvalue weighted by Crippen LogP contribution is -2.46. The first-order valence-electron chi connectivity index (χ1n) is 5.30. The molecule has 2 nitrogen and oxygen atoms in total. The summed E-state index contributed by atoms with van der Waals surface area (Å²) in [4.78, 5) is 11.4. The topological polar surface area (TPSA) is 29.1 Å². The number of rotatable bonds is 2. The maximum absolute atomic E-state index is 11.4. The quantitative estimate of drug-likeness (QED) is 0.698. The molecule has 0 unspecified atom stereocenters. The van der Waals surface area contributed by atoms with Gasteiger partial charge in [-0.1, -0.05) is 27.7 Å². The predicted octanol–water partition coefficient (Wildman–Crippen LogP) is 2.19. The number of hydrogen-bond donors (Lipinski definition) is 1. The largest absolute Gasteiger partial charge is 0.353 e. The van der Waals surface area contributed by atoms with Crippen molar-refractivity contribution in [2.75, 3.05) is 0 Å². The van der Waals surface area contributed by atoms with E-state index in [0.717, 1.165) is 12.8 Å². The fourth-order valence-corrected chi connectivity index (χ4v) is 1.92. The van der Waals surface area contributed by atoms with Gasteiger partial charge in [0, 0.05) is 12.5 Å². The van der Waals surface area contributed by atoms with Crippen LogP contribution in [0, 0.1) is 17.8 Å². The van der Waals surface area contributed by atoms with Gasteiger partial charge in [0.25, 0.3) is 0 Å². The van der Waals surface area contributed by atoms with Gasteiger partial charge in [-0.3, -0.25) is 4.79 Å². The van der Waals surface area contributed by atoms with Crippen LogP contribution >= 0.6 is 0 Å². The number of carbonyl (C=O) groups is 1. The Labute approximate surface area is 81.1 Å². The molecular formula is C11H21NO. The molecule has 1 heterocycles. The Hall–Kier alpha value is -0.530. The molecule has 0 aromatic heterocycles. The molecule has 1 rings (SSSR count). The Morgan fingerprint density at radius 2 is 1.85 bits per heavy atom. The molecule has 13 heavy (non-hydrogen) atoms. The van der Waals surface area contributed by atoms with Gasteiger partial charge in [0.2, 0.25) is 5.91 Å². The van der Waals surface area contributed by atoms with Crippen molar-refractivity contribution in [3.8, 4) is 0 Å². The van der Waals surface area contributed by atoms with Crippen LogP contribution in [0.2, 0.25) is 0 Å². The molecule has 0 saturated carbocycles. The number of carbonyl (C=O) groups excluding carboxylic acids is 1. The summed E-state index contributed by atoms with van der Waals surface area (Å²) in [6, 6.07) is 0.397. The standard InChI is InChI=1S/C11H21NO/c1-7(2)9-5-10(8(3)4)12-11(13)6-9/h7-10H,5-6H2,1-4H3,(H,12,13)/t9-,10-/m1/s1. The zero-order valence-corrected chi connectivity index (χ0v) is 9.13. The van der Waals surface area contributed by atoms with E-state index in [1.807, 2.05) is 0 Å². The summed E-state index contributed by atoms with van der Waals surface area (Å²) in [7, 11) is 0. The molecule has 2 heteroatoms. The van der Waals surface area contributed by atoms with E-state index >= 15 is 0 Å². The van der Waals surface area contributed by atoms with E-state index in [9.17, 15) is 4.79 Å². The molecule has 0 radical (unpaired) electrons. The van der Waals surface area contributed by atoms with Crippen molar-refractivity contribution < 1.29 is 4.79 Å².